The zero-order valence-electron chi connectivity index (χ0n) is 19.6. The summed E-state index contributed by atoms with van der Waals surface area (Å²) in [5.41, 5.74) is 3.97. The van der Waals surface area contributed by atoms with Gasteiger partial charge in [-0.15, -0.1) is 0 Å². The van der Waals surface area contributed by atoms with Crippen molar-refractivity contribution in [1.29, 1.82) is 0 Å². The van der Waals surface area contributed by atoms with Gasteiger partial charge in [-0.3, -0.25) is 15.0 Å². The van der Waals surface area contributed by atoms with Crippen LogP contribution in [0.3, 0.4) is 0 Å². The number of nitrogens with two attached hydrogens (primary N) is 1. The van der Waals surface area contributed by atoms with E-state index < -0.39 is 35.6 Å². The summed E-state index contributed by atoms with van der Waals surface area (Å²) in [6.07, 6.45) is 1.50. The minimum atomic E-state index is -0.988. The van der Waals surface area contributed by atoms with Gasteiger partial charge in [0.15, 0.2) is 0 Å². The van der Waals surface area contributed by atoms with Crippen molar-refractivity contribution < 1.29 is 19.1 Å². The molecule has 6 N–H and O–H groups in total. The van der Waals surface area contributed by atoms with E-state index in [1.54, 1.807) is 27.0 Å². The largest absolute Gasteiger partial charge is 0.444 e. The van der Waals surface area contributed by atoms with Crippen molar-refractivity contribution >= 4 is 28.8 Å². The fourth-order valence-electron chi connectivity index (χ4n) is 3.61. The number of rotatable bonds is 8. The Bertz CT molecular complexity index is 1140. The van der Waals surface area contributed by atoms with Gasteiger partial charge in [0.2, 0.25) is 5.91 Å². The van der Waals surface area contributed by atoms with E-state index in [2.05, 4.69) is 21.0 Å². The van der Waals surface area contributed by atoms with Crippen LogP contribution >= 0.6 is 0 Å². The topological polar surface area (TPSA) is 138 Å². The van der Waals surface area contributed by atoms with Crippen LogP contribution in [0.1, 0.15) is 31.9 Å². The third-order valence-corrected chi connectivity index (χ3v) is 5.16. The Balaban J connectivity index is 1.83. The van der Waals surface area contributed by atoms with Crippen LogP contribution in [0.25, 0.3) is 10.9 Å². The van der Waals surface area contributed by atoms with Crippen molar-refractivity contribution in [3.05, 3.63) is 71.9 Å². The molecule has 2 unspecified atom stereocenters. The van der Waals surface area contributed by atoms with E-state index in [0.29, 0.717) is 0 Å². The zero-order chi connectivity index (χ0) is 24.7. The van der Waals surface area contributed by atoms with Crippen molar-refractivity contribution in [1.82, 2.24) is 21.0 Å². The highest BCUT2D eigenvalue weighted by molar-refractivity contribution is 5.92. The SMILES string of the molecule is CC(C)(C)OC(=O)NC(Cc1c[nH]c2ccccc12)C(=O)NC(Cc1ccccc1)C(=O)NN. The van der Waals surface area contributed by atoms with Gasteiger partial charge in [-0.2, -0.15) is 0 Å². The van der Waals surface area contributed by atoms with E-state index in [-0.39, 0.29) is 12.8 Å². The van der Waals surface area contributed by atoms with Gasteiger partial charge in [-0.1, -0.05) is 48.5 Å². The first kappa shape index (κ1) is 24.8. The smallest absolute Gasteiger partial charge is 0.408 e. The van der Waals surface area contributed by atoms with Gasteiger partial charge >= 0.3 is 6.09 Å². The van der Waals surface area contributed by atoms with Crippen molar-refractivity contribution in [3.63, 3.8) is 0 Å². The minimum absolute atomic E-state index is 0.192. The fourth-order valence-corrected chi connectivity index (χ4v) is 3.61. The molecule has 0 aliphatic carbocycles. The van der Waals surface area contributed by atoms with Gasteiger partial charge in [0.1, 0.15) is 17.7 Å². The molecule has 0 saturated carbocycles. The van der Waals surface area contributed by atoms with E-state index in [1.807, 2.05) is 54.6 Å². The summed E-state index contributed by atoms with van der Waals surface area (Å²) in [6.45, 7) is 5.22. The van der Waals surface area contributed by atoms with Crippen LogP contribution in [0.15, 0.2) is 60.8 Å². The predicted octanol–water partition coefficient (Wildman–Crippen LogP) is 2.32. The third kappa shape index (κ3) is 6.82. The summed E-state index contributed by atoms with van der Waals surface area (Å²) in [5, 5.41) is 6.32. The van der Waals surface area contributed by atoms with Crippen LogP contribution in [0.5, 0.6) is 0 Å². The molecule has 0 fully saturated rings. The Morgan fingerprint density at radius 2 is 1.56 bits per heavy atom. The Kier molecular flexibility index (Phi) is 7.91. The summed E-state index contributed by atoms with van der Waals surface area (Å²) in [7, 11) is 0. The molecular formula is C25H31N5O4. The molecule has 9 nitrogen and oxygen atoms in total. The maximum atomic E-state index is 13.3. The molecule has 0 radical (unpaired) electrons. The molecule has 34 heavy (non-hydrogen) atoms. The average Bonchev–Trinajstić information content (AvgIpc) is 3.20. The summed E-state index contributed by atoms with van der Waals surface area (Å²) in [4.78, 5) is 41.4. The molecule has 3 aromatic rings. The molecular weight excluding hydrogens is 434 g/mol. The van der Waals surface area contributed by atoms with Crippen molar-refractivity contribution in [2.24, 2.45) is 5.84 Å². The second-order valence-corrected chi connectivity index (χ2v) is 9.02. The molecule has 0 spiro atoms. The lowest BCUT2D eigenvalue weighted by atomic mass is 10.0. The van der Waals surface area contributed by atoms with Crippen molar-refractivity contribution in [2.45, 2.75) is 51.3 Å². The van der Waals surface area contributed by atoms with Crippen LogP contribution in [0, 0.1) is 0 Å². The molecule has 2 atom stereocenters. The van der Waals surface area contributed by atoms with E-state index >= 15 is 0 Å². The van der Waals surface area contributed by atoms with Crippen LogP contribution in [-0.2, 0) is 27.2 Å². The monoisotopic (exact) mass is 465 g/mol. The average molecular weight is 466 g/mol. The lowest BCUT2D eigenvalue weighted by Gasteiger charge is -2.25. The van der Waals surface area contributed by atoms with Gasteiger partial charge in [0, 0.05) is 29.9 Å². The number of H-pyrrole nitrogens is 1. The molecule has 180 valence electrons. The van der Waals surface area contributed by atoms with Gasteiger partial charge in [0.05, 0.1) is 0 Å². The van der Waals surface area contributed by atoms with Gasteiger partial charge < -0.3 is 20.4 Å². The first-order valence-electron chi connectivity index (χ1n) is 11.1. The summed E-state index contributed by atoms with van der Waals surface area (Å²) < 4.78 is 5.36. The number of fused-ring (bicyclic) bond motifs is 1. The number of alkyl carbamates (subject to hydrolysis) is 1. The molecule has 0 aliphatic rings. The summed E-state index contributed by atoms with van der Waals surface area (Å²) in [5.74, 6) is 4.29. The highest BCUT2D eigenvalue weighted by Gasteiger charge is 2.29. The Morgan fingerprint density at radius 3 is 2.24 bits per heavy atom. The number of benzene rings is 2. The molecule has 1 heterocycles. The molecule has 3 rings (SSSR count). The van der Waals surface area contributed by atoms with Crippen LogP contribution < -0.4 is 21.9 Å². The minimum Gasteiger partial charge on any atom is -0.444 e. The lowest BCUT2D eigenvalue weighted by molar-refractivity contribution is -0.130. The Morgan fingerprint density at radius 1 is 0.912 bits per heavy atom. The van der Waals surface area contributed by atoms with Gasteiger partial charge in [-0.25, -0.2) is 10.6 Å². The fraction of sp³-hybridized carbons (Fsp3) is 0.320. The normalized spacial score (nSPS) is 13.1. The van der Waals surface area contributed by atoms with Crippen LogP contribution in [-0.4, -0.2) is 40.6 Å². The number of ether oxygens (including phenoxy) is 1. The van der Waals surface area contributed by atoms with Crippen molar-refractivity contribution in [2.75, 3.05) is 0 Å². The lowest BCUT2D eigenvalue weighted by Crippen LogP contribution is -2.56. The van der Waals surface area contributed by atoms with Crippen molar-refractivity contribution in [3.8, 4) is 0 Å². The maximum Gasteiger partial charge on any atom is 0.408 e. The second-order valence-electron chi connectivity index (χ2n) is 9.02. The van der Waals surface area contributed by atoms with E-state index in [0.717, 1.165) is 22.0 Å². The summed E-state index contributed by atoms with van der Waals surface area (Å²) in [6, 6.07) is 15.0. The molecule has 0 saturated heterocycles. The number of nitrogens with one attached hydrogen (secondary N) is 4. The van der Waals surface area contributed by atoms with E-state index in [1.165, 1.54) is 0 Å². The number of amides is 3. The first-order chi connectivity index (χ1) is 16.2. The number of para-hydroxylation sites is 1. The highest BCUT2D eigenvalue weighted by atomic mass is 16.6. The first-order valence-corrected chi connectivity index (χ1v) is 11.1. The maximum absolute atomic E-state index is 13.3. The standard InChI is InChI=1S/C25H31N5O4/c1-25(2,3)34-24(33)29-21(14-17-15-27-19-12-8-7-11-18(17)19)22(31)28-20(23(32)30-26)13-16-9-5-4-6-10-16/h4-12,15,20-21,27H,13-14,26H2,1-3H3,(H,28,31)(H,29,33)(H,30,32). The molecule has 2 aromatic carbocycles. The van der Waals surface area contributed by atoms with Gasteiger partial charge in [0.25, 0.3) is 5.91 Å². The number of carbonyl (C=O) groups is 3. The van der Waals surface area contributed by atoms with Crippen LogP contribution in [0.4, 0.5) is 4.79 Å². The summed E-state index contributed by atoms with van der Waals surface area (Å²) >= 11 is 0. The third-order valence-electron chi connectivity index (χ3n) is 5.16. The number of hydrazine groups is 1. The Labute approximate surface area is 198 Å². The number of hydrogen-bond acceptors (Lipinski definition) is 5. The Hall–Kier alpha value is -3.85. The number of aromatic amines is 1. The molecule has 1 aromatic heterocycles. The molecule has 3 amide bonds. The van der Waals surface area contributed by atoms with E-state index in [9.17, 15) is 14.4 Å². The second kappa shape index (κ2) is 10.8. The molecule has 9 heteroatoms. The quantitative estimate of drug-likeness (QED) is 0.197. The highest BCUT2D eigenvalue weighted by Crippen LogP contribution is 2.19. The number of hydrogen-bond donors (Lipinski definition) is 5. The zero-order valence-corrected chi connectivity index (χ0v) is 19.6. The predicted molar refractivity (Wildman–Crippen MR) is 130 cm³/mol. The molecule has 0 aliphatic heterocycles. The number of carbonyl (C=O) groups excluding carboxylic acids is 3. The van der Waals surface area contributed by atoms with Crippen LogP contribution in [0.2, 0.25) is 0 Å². The van der Waals surface area contributed by atoms with Gasteiger partial charge in [-0.05, 0) is 38.0 Å². The number of aromatic nitrogens is 1. The van der Waals surface area contributed by atoms with E-state index in [4.69, 9.17) is 10.6 Å². The molecule has 0 bridgehead atoms.